The zero-order valence-corrected chi connectivity index (χ0v) is 17.5. The van der Waals surface area contributed by atoms with Crippen LogP contribution in [-0.4, -0.2) is 48.3 Å². The molecule has 1 N–H and O–H groups in total. The van der Waals surface area contributed by atoms with Crippen molar-refractivity contribution in [3.8, 4) is 0 Å². The molecule has 1 aromatic carbocycles. The third-order valence-corrected chi connectivity index (χ3v) is 5.77. The number of nitrogens with one attached hydrogen (secondary N) is 1. The van der Waals surface area contributed by atoms with Crippen LogP contribution in [0.15, 0.2) is 52.3 Å². The van der Waals surface area contributed by atoms with Crippen LogP contribution in [0.4, 0.5) is 0 Å². The van der Waals surface area contributed by atoms with E-state index in [0.29, 0.717) is 42.0 Å². The molecule has 3 heterocycles. The number of para-hydroxylation sites is 1. The molecule has 2 aromatic heterocycles. The molecule has 30 heavy (non-hydrogen) atoms. The molecule has 1 fully saturated rings. The summed E-state index contributed by atoms with van der Waals surface area (Å²) in [5.41, 5.74) is 1.56. The average molecular weight is 428 g/mol. The molecule has 0 radical (unpaired) electrons. The van der Waals surface area contributed by atoms with Crippen LogP contribution in [0.2, 0.25) is 0 Å². The fourth-order valence-corrected chi connectivity index (χ4v) is 4.20. The highest BCUT2D eigenvalue weighted by molar-refractivity contribution is 7.98. The highest BCUT2D eigenvalue weighted by Crippen LogP contribution is 2.30. The highest BCUT2D eigenvalue weighted by atomic mass is 32.2. The molecule has 1 amide bonds. The summed E-state index contributed by atoms with van der Waals surface area (Å²) in [4.78, 5) is 21.3. The predicted octanol–water partition coefficient (Wildman–Crippen LogP) is 3.83. The molecule has 0 spiro atoms. The van der Waals surface area contributed by atoms with Gasteiger partial charge in [0.05, 0.1) is 12.7 Å². The van der Waals surface area contributed by atoms with Gasteiger partial charge in [0.15, 0.2) is 10.9 Å². The van der Waals surface area contributed by atoms with Gasteiger partial charge in [-0.1, -0.05) is 30.0 Å². The Morgan fingerprint density at radius 3 is 2.93 bits per heavy atom. The van der Waals surface area contributed by atoms with Crippen LogP contribution in [0.5, 0.6) is 0 Å². The monoisotopic (exact) mass is 427 g/mol. The number of benzene rings is 1. The smallest absolute Gasteiger partial charge is 0.287 e. The second-order valence-electron chi connectivity index (χ2n) is 7.05. The summed E-state index contributed by atoms with van der Waals surface area (Å²) >= 11 is 1.48. The van der Waals surface area contributed by atoms with E-state index in [0.717, 1.165) is 36.8 Å². The minimum Gasteiger partial charge on any atom is -0.451 e. The summed E-state index contributed by atoms with van der Waals surface area (Å²) in [7, 11) is 0. The summed E-state index contributed by atoms with van der Waals surface area (Å²) in [6.45, 7) is 2.57. The molecule has 0 bridgehead atoms. The van der Waals surface area contributed by atoms with Gasteiger partial charge >= 0.3 is 0 Å². The second-order valence-corrected chi connectivity index (χ2v) is 7.99. The zero-order valence-electron chi connectivity index (χ0n) is 16.7. The van der Waals surface area contributed by atoms with Crippen molar-refractivity contribution in [2.24, 2.45) is 0 Å². The van der Waals surface area contributed by atoms with Gasteiger partial charge in [-0.25, -0.2) is 9.97 Å². The molecular formula is C22H25N3O4S. The lowest BCUT2D eigenvalue weighted by Gasteiger charge is -2.10. The molecule has 1 aliphatic heterocycles. The van der Waals surface area contributed by atoms with E-state index >= 15 is 0 Å². The number of hydrogen-bond donors (Lipinski definition) is 1. The van der Waals surface area contributed by atoms with Crippen LogP contribution in [0, 0.1) is 0 Å². The van der Waals surface area contributed by atoms with Crippen molar-refractivity contribution in [2.45, 2.75) is 36.3 Å². The van der Waals surface area contributed by atoms with E-state index in [2.05, 4.69) is 15.3 Å². The fourth-order valence-electron chi connectivity index (χ4n) is 3.37. The van der Waals surface area contributed by atoms with Gasteiger partial charge in [-0.05, 0) is 31.4 Å². The van der Waals surface area contributed by atoms with E-state index in [1.165, 1.54) is 11.8 Å². The summed E-state index contributed by atoms with van der Waals surface area (Å²) < 4.78 is 17.1. The number of aromatic nitrogens is 2. The number of nitrogens with zero attached hydrogens (tertiary/aromatic N) is 2. The fraction of sp³-hybridized carbons (Fsp3) is 0.409. The lowest BCUT2D eigenvalue weighted by Crippen LogP contribution is -2.26. The van der Waals surface area contributed by atoms with Crippen LogP contribution in [0.25, 0.3) is 11.0 Å². The first kappa shape index (κ1) is 20.8. The van der Waals surface area contributed by atoms with Crippen molar-refractivity contribution >= 4 is 28.6 Å². The third kappa shape index (κ3) is 5.38. The van der Waals surface area contributed by atoms with E-state index in [4.69, 9.17) is 13.9 Å². The first-order chi connectivity index (χ1) is 14.8. The van der Waals surface area contributed by atoms with Crippen molar-refractivity contribution in [3.05, 3.63) is 54.0 Å². The number of hydrogen-bond acceptors (Lipinski definition) is 7. The maximum absolute atomic E-state index is 12.8. The van der Waals surface area contributed by atoms with Gasteiger partial charge in [0, 0.05) is 48.9 Å². The van der Waals surface area contributed by atoms with Gasteiger partial charge in [0.25, 0.3) is 5.91 Å². The van der Waals surface area contributed by atoms with Crippen LogP contribution < -0.4 is 5.32 Å². The van der Waals surface area contributed by atoms with Crippen molar-refractivity contribution < 1.29 is 18.7 Å². The Morgan fingerprint density at radius 1 is 1.23 bits per heavy atom. The summed E-state index contributed by atoms with van der Waals surface area (Å²) in [5.74, 6) is 0.684. The maximum Gasteiger partial charge on any atom is 0.287 e. The number of carbonyl (C=O) groups is 1. The molecule has 158 valence electrons. The summed E-state index contributed by atoms with van der Waals surface area (Å²) in [5, 5.41) is 4.54. The molecule has 3 aromatic rings. The van der Waals surface area contributed by atoms with E-state index in [1.807, 2.05) is 24.3 Å². The Bertz CT molecular complexity index is 957. The number of fused-ring (bicyclic) bond motifs is 1. The molecular weight excluding hydrogens is 402 g/mol. The van der Waals surface area contributed by atoms with Crippen LogP contribution in [0.3, 0.4) is 0 Å². The number of furan rings is 1. The van der Waals surface area contributed by atoms with Gasteiger partial charge in [0.1, 0.15) is 5.58 Å². The Balaban J connectivity index is 1.33. The molecule has 1 unspecified atom stereocenters. The normalized spacial score (nSPS) is 16.2. The maximum atomic E-state index is 12.8. The van der Waals surface area contributed by atoms with Gasteiger partial charge in [0.2, 0.25) is 0 Å². The topological polar surface area (TPSA) is 86.5 Å². The zero-order chi connectivity index (χ0) is 20.6. The summed E-state index contributed by atoms with van der Waals surface area (Å²) in [6.07, 6.45) is 6.55. The molecule has 8 heteroatoms. The number of ether oxygens (including phenoxy) is 2. The van der Waals surface area contributed by atoms with E-state index in [-0.39, 0.29) is 12.0 Å². The van der Waals surface area contributed by atoms with Crippen molar-refractivity contribution in [3.63, 3.8) is 0 Å². The van der Waals surface area contributed by atoms with Crippen LogP contribution in [0.1, 0.15) is 35.4 Å². The van der Waals surface area contributed by atoms with E-state index in [9.17, 15) is 4.79 Å². The molecule has 0 saturated carbocycles. The Hall–Kier alpha value is -2.42. The van der Waals surface area contributed by atoms with Gasteiger partial charge in [-0.3, -0.25) is 4.79 Å². The van der Waals surface area contributed by atoms with Crippen LogP contribution >= 0.6 is 11.8 Å². The van der Waals surface area contributed by atoms with Gasteiger partial charge < -0.3 is 19.2 Å². The number of carbonyl (C=O) groups excluding carboxylic acids is 1. The SMILES string of the molecule is O=C(NCCCOCC1CCCO1)c1oc2ccccc2c1CSc1ncccn1. The first-order valence-electron chi connectivity index (χ1n) is 10.2. The molecule has 4 rings (SSSR count). The average Bonchev–Trinajstić information content (AvgIpc) is 3.43. The van der Waals surface area contributed by atoms with E-state index < -0.39 is 0 Å². The number of rotatable bonds is 10. The Labute approximate surface area is 179 Å². The number of thioether (sulfide) groups is 1. The predicted molar refractivity (Wildman–Crippen MR) is 115 cm³/mol. The van der Waals surface area contributed by atoms with Crippen molar-refractivity contribution in [1.82, 2.24) is 15.3 Å². The van der Waals surface area contributed by atoms with E-state index in [1.54, 1.807) is 18.5 Å². The first-order valence-corrected chi connectivity index (χ1v) is 11.2. The molecule has 7 nitrogen and oxygen atoms in total. The lowest BCUT2D eigenvalue weighted by molar-refractivity contribution is 0.0166. The Kier molecular flexibility index (Phi) is 7.34. The molecule has 1 atom stereocenters. The minimum atomic E-state index is -0.213. The lowest BCUT2D eigenvalue weighted by atomic mass is 10.1. The highest BCUT2D eigenvalue weighted by Gasteiger charge is 2.21. The Morgan fingerprint density at radius 2 is 2.10 bits per heavy atom. The third-order valence-electron chi connectivity index (χ3n) is 4.87. The molecule has 1 saturated heterocycles. The van der Waals surface area contributed by atoms with Gasteiger partial charge in [-0.15, -0.1) is 0 Å². The van der Waals surface area contributed by atoms with Crippen LogP contribution in [-0.2, 0) is 15.2 Å². The summed E-state index contributed by atoms with van der Waals surface area (Å²) in [6, 6.07) is 9.46. The largest absolute Gasteiger partial charge is 0.451 e. The minimum absolute atomic E-state index is 0.213. The molecule has 1 aliphatic rings. The van der Waals surface area contributed by atoms with Crippen molar-refractivity contribution in [1.29, 1.82) is 0 Å². The van der Waals surface area contributed by atoms with Gasteiger partial charge in [-0.2, -0.15) is 0 Å². The van der Waals surface area contributed by atoms with Crippen molar-refractivity contribution in [2.75, 3.05) is 26.4 Å². The second kappa shape index (κ2) is 10.6. The quantitative estimate of drug-likeness (QED) is 0.299. The number of amides is 1. The standard InChI is InChI=1S/C22H25N3O4S/c26-21(23-11-5-12-27-14-16-6-3-13-28-16)20-18(15-30-22-24-9-4-10-25-22)17-7-1-2-8-19(17)29-20/h1-2,4,7-10,16H,3,5-6,11-15H2,(H,23,26). The molecule has 0 aliphatic carbocycles.